The maximum atomic E-state index is 11.3. The van der Waals surface area contributed by atoms with Gasteiger partial charge in [-0.2, -0.15) is 0 Å². The summed E-state index contributed by atoms with van der Waals surface area (Å²) in [6.07, 6.45) is 3.18. The van der Waals surface area contributed by atoms with E-state index in [1.54, 1.807) is 6.92 Å². The predicted molar refractivity (Wildman–Crippen MR) is 54.7 cm³/mol. The summed E-state index contributed by atoms with van der Waals surface area (Å²) >= 11 is 5.54. The van der Waals surface area contributed by atoms with Crippen LogP contribution in [-0.4, -0.2) is 24.1 Å². The van der Waals surface area contributed by atoms with Crippen LogP contribution in [0.4, 0.5) is 5.82 Å². The fourth-order valence-corrected chi connectivity index (χ4v) is 2.07. The van der Waals surface area contributed by atoms with Crippen molar-refractivity contribution in [3.8, 4) is 0 Å². The van der Waals surface area contributed by atoms with E-state index in [9.17, 15) is 8.42 Å². The van der Waals surface area contributed by atoms with E-state index in [2.05, 4.69) is 14.7 Å². The summed E-state index contributed by atoms with van der Waals surface area (Å²) < 4.78 is 24.9. The molecule has 0 amide bonds. The zero-order valence-corrected chi connectivity index (χ0v) is 9.14. The van der Waals surface area contributed by atoms with Crippen molar-refractivity contribution in [3.63, 3.8) is 0 Å². The highest BCUT2D eigenvalue weighted by molar-refractivity contribution is 7.92. The van der Waals surface area contributed by atoms with Crippen molar-refractivity contribution in [1.82, 2.24) is 9.97 Å². The number of anilines is 1. The molecule has 0 atom stereocenters. The first-order valence-electron chi connectivity index (χ1n) is 4.01. The molecule has 0 saturated carbocycles. The van der Waals surface area contributed by atoms with Crippen molar-refractivity contribution >= 4 is 27.4 Å². The maximum Gasteiger partial charge on any atom is 0.233 e. The van der Waals surface area contributed by atoms with Gasteiger partial charge in [-0.25, -0.2) is 13.4 Å². The number of rotatable bonds is 4. The summed E-state index contributed by atoms with van der Waals surface area (Å²) in [4.78, 5) is 7.46. The van der Waals surface area contributed by atoms with Gasteiger partial charge in [-0.1, -0.05) is 18.5 Å². The van der Waals surface area contributed by atoms with E-state index in [0.717, 1.165) is 0 Å². The van der Waals surface area contributed by atoms with E-state index >= 15 is 0 Å². The first kappa shape index (κ1) is 11.2. The zero-order chi connectivity index (χ0) is 10.6. The minimum atomic E-state index is -3.31. The number of nitrogens with zero attached hydrogens (tertiary/aromatic N) is 2. The highest BCUT2D eigenvalue weighted by Crippen LogP contribution is 2.08. The van der Waals surface area contributed by atoms with E-state index in [1.807, 2.05) is 0 Å². The molecular weight excluding hydrogens is 226 g/mol. The van der Waals surface area contributed by atoms with Crippen LogP contribution in [0.2, 0.25) is 5.15 Å². The molecule has 1 aromatic heterocycles. The van der Waals surface area contributed by atoms with Gasteiger partial charge in [-0.3, -0.25) is 9.71 Å². The Kier molecular flexibility index (Phi) is 3.65. The molecule has 0 unspecified atom stereocenters. The van der Waals surface area contributed by atoms with Gasteiger partial charge in [0.1, 0.15) is 5.15 Å². The molecule has 78 valence electrons. The molecule has 0 saturated heterocycles. The van der Waals surface area contributed by atoms with Crippen molar-refractivity contribution in [1.29, 1.82) is 0 Å². The van der Waals surface area contributed by atoms with Gasteiger partial charge in [-0.15, -0.1) is 0 Å². The smallest absolute Gasteiger partial charge is 0.233 e. The molecular formula is C7H10ClN3O2S. The van der Waals surface area contributed by atoms with Crippen LogP contribution in [0.15, 0.2) is 12.4 Å². The van der Waals surface area contributed by atoms with E-state index < -0.39 is 10.0 Å². The van der Waals surface area contributed by atoms with Gasteiger partial charge in [0, 0.05) is 0 Å². The van der Waals surface area contributed by atoms with Gasteiger partial charge in [0.05, 0.1) is 18.1 Å². The maximum absolute atomic E-state index is 11.3. The van der Waals surface area contributed by atoms with Gasteiger partial charge < -0.3 is 0 Å². The lowest BCUT2D eigenvalue weighted by molar-refractivity contribution is 0.599. The highest BCUT2D eigenvalue weighted by Gasteiger charge is 2.09. The van der Waals surface area contributed by atoms with Gasteiger partial charge in [-0.05, 0) is 6.42 Å². The van der Waals surface area contributed by atoms with Gasteiger partial charge in [0.2, 0.25) is 10.0 Å². The molecule has 0 bridgehead atoms. The minimum absolute atomic E-state index is 0.0567. The lowest BCUT2D eigenvalue weighted by atomic mass is 10.6. The van der Waals surface area contributed by atoms with Gasteiger partial charge >= 0.3 is 0 Å². The molecule has 0 aromatic carbocycles. The molecule has 0 radical (unpaired) electrons. The molecule has 1 heterocycles. The summed E-state index contributed by atoms with van der Waals surface area (Å²) in [5, 5.41) is 0.154. The minimum Gasteiger partial charge on any atom is -0.266 e. The summed E-state index contributed by atoms with van der Waals surface area (Å²) in [7, 11) is -3.31. The number of hydrogen-bond acceptors (Lipinski definition) is 4. The van der Waals surface area contributed by atoms with E-state index in [0.29, 0.717) is 6.42 Å². The predicted octanol–water partition coefficient (Wildman–Crippen LogP) is 1.28. The Balaban J connectivity index is 2.79. The second-order valence-corrected chi connectivity index (χ2v) is 4.88. The second kappa shape index (κ2) is 4.56. The lowest BCUT2D eigenvalue weighted by Gasteiger charge is -2.04. The summed E-state index contributed by atoms with van der Waals surface area (Å²) in [6.45, 7) is 1.78. The quantitative estimate of drug-likeness (QED) is 0.854. The average molecular weight is 236 g/mol. The first-order valence-corrected chi connectivity index (χ1v) is 6.04. The van der Waals surface area contributed by atoms with Crippen LogP contribution in [0.1, 0.15) is 13.3 Å². The molecule has 1 rings (SSSR count). The number of aromatic nitrogens is 2. The van der Waals surface area contributed by atoms with Crippen molar-refractivity contribution in [3.05, 3.63) is 17.5 Å². The van der Waals surface area contributed by atoms with E-state index in [4.69, 9.17) is 11.6 Å². The number of sulfonamides is 1. The fourth-order valence-electron chi connectivity index (χ4n) is 0.870. The molecule has 14 heavy (non-hydrogen) atoms. The third kappa shape index (κ3) is 3.47. The molecule has 5 nitrogen and oxygen atoms in total. The molecule has 0 spiro atoms. The van der Waals surface area contributed by atoms with Crippen LogP contribution in [0, 0.1) is 0 Å². The van der Waals surface area contributed by atoms with E-state index in [-0.39, 0.29) is 16.7 Å². The molecule has 0 aliphatic carbocycles. The SMILES string of the molecule is CCCS(=O)(=O)Nc1cncc(Cl)n1. The van der Waals surface area contributed by atoms with Gasteiger partial charge in [0.15, 0.2) is 5.82 Å². The van der Waals surface area contributed by atoms with Crippen LogP contribution in [0.25, 0.3) is 0 Å². The summed E-state index contributed by atoms with van der Waals surface area (Å²) in [6, 6.07) is 0. The summed E-state index contributed by atoms with van der Waals surface area (Å²) in [5.74, 6) is 0.201. The Labute approximate surface area is 87.6 Å². The molecule has 1 aromatic rings. The molecule has 7 heteroatoms. The lowest BCUT2D eigenvalue weighted by Crippen LogP contribution is -2.17. The average Bonchev–Trinajstić information content (AvgIpc) is 2.02. The number of halogens is 1. The number of nitrogens with one attached hydrogen (secondary N) is 1. The van der Waals surface area contributed by atoms with Gasteiger partial charge in [0.25, 0.3) is 0 Å². The largest absolute Gasteiger partial charge is 0.266 e. The van der Waals surface area contributed by atoms with Crippen LogP contribution < -0.4 is 4.72 Å². The Morgan fingerprint density at radius 2 is 2.21 bits per heavy atom. The summed E-state index contributed by atoms with van der Waals surface area (Å²) in [5.41, 5.74) is 0. The van der Waals surface area contributed by atoms with Crippen molar-refractivity contribution in [2.75, 3.05) is 10.5 Å². The fraction of sp³-hybridized carbons (Fsp3) is 0.429. The molecule has 0 aliphatic heterocycles. The Hall–Kier alpha value is -0.880. The normalized spacial score (nSPS) is 11.3. The standard InChI is InChI=1S/C7H10ClN3O2S/c1-2-3-14(12,13)11-7-5-9-4-6(8)10-7/h4-5H,2-3H2,1H3,(H,10,11). The van der Waals surface area contributed by atoms with Crippen LogP contribution in [0.3, 0.4) is 0 Å². The van der Waals surface area contributed by atoms with Crippen LogP contribution in [-0.2, 0) is 10.0 Å². The highest BCUT2D eigenvalue weighted by atomic mass is 35.5. The zero-order valence-electron chi connectivity index (χ0n) is 7.57. The third-order valence-electron chi connectivity index (χ3n) is 1.34. The molecule has 0 aliphatic rings. The Morgan fingerprint density at radius 3 is 2.79 bits per heavy atom. The second-order valence-electron chi connectivity index (χ2n) is 2.65. The Bertz CT molecular complexity index is 407. The van der Waals surface area contributed by atoms with E-state index in [1.165, 1.54) is 12.4 Å². The first-order chi connectivity index (χ1) is 6.53. The van der Waals surface area contributed by atoms with Crippen LogP contribution >= 0.6 is 11.6 Å². The molecule has 1 N–H and O–H groups in total. The van der Waals surface area contributed by atoms with Crippen LogP contribution in [0.5, 0.6) is 0 Å². The Morgan fingerprint density at radius 1 is 1.50 bits per heavy atom. The van der Waals surface area contributed by atoms with Crippen molar-refractivity contribution < 1.29 is 8.42 Å². The number of hydrogen-bond donors (Lipinski definition) is 1. The third-order valence-corrected chi connectivity index (χ3v) is 2.99. The molecule has 0 fully saturated rings. The van der Waals surface area contributed by atoms with Crippen molar-refractivity contribution in [2.45, 2.75) is 13.3 Å². The monoisotopic (exact) mass is 235 g/mol. The topological polar surface area (TPSA) is 72.0 Å². The van der Waals surface area contributed by atoms with Crippen molar-refractivity contribution in [2.24, 2.45) is 0 Å².